The molecule has 0 unspecified atom stereocenters. The van der Waals surface area contributed by atoms with Crippen molar-refractivity contribution in [2.75, 3.05) is 13.1 Å². The van der Waals surface area contributed by atoms with Gasteiger partial charge in [0.1, 0.15) is 11.9 Å². The molecule has 6 heteroatoms. The summed E-state index contributed by atoms with van der Waals surface area (Å²) in [5, 5.41) is 7.73. The third-order valence-electron chi connectivity index (χ3n) is 4.11. The molecule has 1 atom stereocenters. The SMILES string of the molecule is C=CC(=NC=C(C=N)c1cccnc1OC1CC1)N1CC[C@H](N)C1. The van der Waals surface area contributed by atoms with E-state index in [1.807, 2.05) is 12.1 Å². The normalized spacial score (nSPS) is 21.7. The summed E-state index contributed by atoms with van der Waals surface area (Å²) in [6.45, 7) is 5.49. The Morgan fingerprint density at radius 1 is 1.46 bits per heavy atom. The minimum atomic E-state index is 0.179. The van der Waals surface area contributed by atoms with Crippen molar-refractivity contribution in [2.24, 2.45) is 10.7 Å². The summed E-state index contributed by atoms with van der Waals surface area (Å²) in [5.41, 5.74) is 7.39. The number of hydrogen-bond donors (Lipinski definition) is 2. The van der Waals surface area contributed by atoms with Crippen molar-refractivity contribution in [1.82, 2.24) is 9.88 Å². The molecule has 2 heterocycles. The van der Waals surface area contributed by atoms with E-state index in [2.05, 4.69) is 21.5 Å². The molecule has 1 saturated heterocycles. The summed E-state index contributed by atoms with van der Waals surface area (Å²) in [5.74, 6) is 1.34. The molecular formula is C18H23N5O. The fraction of sp³-hybridized carbons (Fsp3) is 0.389. The van der Waals surface area contributed by atoms with Gasteiger partial charge in [-0.25, -0.2) is 9.98 Å². The topological polar surface area (TPSA) is 87.6 Å². The van der Waals surface area contributed by atoms with Gasteiger partial charge >= 0.3 is 0 Å². The average molecular weight is 325 g/mol. The molecule has 6 nitrogen and oxygen atoms in total. The number of aliphatic imine (C=N–C) groups is 1. The predicted molar refractivity (Wildman–Crippen MR) is 96.4 cm³/mol. The van der Waals surface area contributed by atoms with Crippen molar-refractivity contribution < 1.29 is 4.74 Å². The smallest absolute Gasteiger partial charge is 0.221 e. The molecule has 2 aliphatic rings. The summed E-state index contributed by atoms with van der Waals surface area (Å²) >= 11 is 0. The number of allylic oxidation sites excluding steroid dienone is 1. The molecule has 1 aliphatic heterocycles. The summed E-state index contributed by atoms with van der Waals surface area (Å²) in [6, 6.07) is 3.92. The van der Waals surface area contributed by atoms with E-state index in [1.165, 1.54) is 6.21 Å². The third-order valence-corrected chi connectivity index (χ3v) is 4.11. The van der Waals surface area contributed by atoms with E-state index in [0.717, 1.165) is 43.8 Å². The highest BCUT2D eigenvalue weighted by molar-refractivity contribution is 6.09. The number of pyridine rings is 1. The van der Waals surface area contributed by atoms with Crippen LogP contribution in [0.2, 0.25) is 0 Å². The number of nitrogens with zero attached hydrogens (tertiary/aromatic N) is 3. The molecule has 0 spiro atoms. The Labute approximate surface area is 142 Å². The van der Waals surface area contributed by atoms with E-state index < -0.39 is 0 Å². The van der Waals surface area contributed by atoms with Gasteiger partial charge in [0.05, 0.1) is 0 Å². The van der Waals surface area contributed by atoms with E-state index >= 15 is 0 Å². The molecule has 1 saturated carbocycles. The van der Waals surface area contributed by atoms with Crippen LogP contribution < -0.4 is 10.5 Å². The van der Waals surface area contributed by atoms with Gasteiger partial charge in [0.2, 0.25) is 5.88 Å². The van der Waals surface area contributed by atoms with E-state index in [4.69, 9.17) is 15.9 Å². The second-order valence-corrected chi connectivity index (χ2v) is 6.09. The highest BCUT2D eigenvalue weighted by Gasteiger charge is 2.25. The first-order valence-electron chi connectivity index (χ1n) is 8.24. The largest absolute Gasteiger partial charge is 0.474 e. The summed E-state index contributed by atoms with van der Waals surface area (Å²) in [7, 11) is 0. The van der Waals surface area contributed by atoms with Crippen molar-refractivity contribution in [3.63, 3.8) is 0 Å². The van der Waals surface area contributed by atoms with Crippen LogP contribution in [0, 0.1) is 5.41 Å². The van der Waals surface area contributed by atoms with Gasteiger partial charge < -0.3 is 20.8 Å². The van der Waals surface area contributed by atoms with Gasteiger partial charge in [-0.3, -0.25) is 0 Å². The molecule has 3 rings (SSSR count). The van der Waals surface area contributed by atoms with Gasteiger partial charge in [0.15, 0.2) is 0 Å². The predicted octanol–water partition coefficient (Wildman–Crippen LogP) is 2.23. The Hall–Kier alpha value is -2.47. The van der Waals surface area contributed by atoms with Crippen LogP contribution in [0.5, 0.6) is 5.88 Å². The summed E-state index contributed by atoms with van der Waals surface area (Å²) in [4.78, 5) is 10.9. The highest BCUT2D eigenvalue weighted by Crippen LogP contribution is 2.30. The summed E-state index contributed by atoms with van der Waals surface area (Å²) < 4.78 is 5.84. The molecule has 0 amide bonds. The van der Waals surface area contributed by atoms with Crippen LogP contribution >= 0.6 is 0 Å². The molecule has 2 fully saturated rings. The van der Waals surface area contributed by atoms with E-state index in [9.17, 15) is 0 Å². The molecule has 1 aromatic rings. The van der Waals surface area contributed by atoms with Crippen LogP contribution in [0.25, 0.3) is 5.57 Å². The van der Waals surface area contributed by atoms with Crippen LogP contribution in [0.4, 0.5) is 0 Å². The molecule has 1 aliphatic carbocycles. The Morgan fingerprint density at radius 2 is 2.29 bits per heavy atom. The molecule has 0 bridgehead atoms. The lowest BCUT2D eigenvalue weighted by atomic mass is 10.1. The highest BCUT2D eigenvalue weighted by atomic mass is 16.5. The van der Waals surface area contributed by atoms with Crippen molar-refractivity contribution in [3.8, 4) is 5.88 Å². The number of amidine groups is 1. The van der Waals surface area contributed by atoms with Crippen LogP contribution in [0.1, 0.15) is 24.8 Å². The van der Waals surface area contributed by atoms with Crippen LogP contribution in [-0.2, 0) is 0 Å². The number of aromatic nitrogens is 1. The fourth-order valence-electron chi connectivity index (χ4n) is 2.63. The quantitative estimate of drug-likeness (QED) is 0.620. The van der Waals surface area contributed by atoms with E-state index in [-0.39, 0.29) is 12.1 Å². The maximum atomic E-state index is 7.73. The lowest BCUT2D eigenvalue weighted by molar-refractivity contribution is 0.290. The lowest BCUT2D eigenvalue weighted by Crippen LogP contribution is -2.30. The van der Waals surface area contributed by atoms with Gasteiger partial charge in [-0.15, -0.1) is 0 Å². The molecule has 3 N–H and O–H groups in total. The molecule has 1 aromatic heterocycles. The Balaban J connectivity index is 1.84. The zero-order valence-corrected chi connectivity index (χ0v) is 13.7. The Bertz CT molecular complexity index is 678. The molecule has 0 radical (unpaired) electrons. The number of rotatable bonds is 6. The first kappa shape index (κ1) is 16.4. The van der Waals surface area contributed by atoms with Crippen molar-refractivity contribution in [3.05, 3.63) is 42.7 Å². The van der Waals surface area contributed by atoms with Gasteiger partial charge in [0, 0.05) is 48.9 Å². The number of nitrogens with one attached hydrogen (secondary N) is 1. The minimum absolute atomic E-state index is 0.179. The van der Waals surface area contributed by atoms with Crippen molar-refractivity contribution >= 4 is 17.6 Å². The van der Waals surface area contributed by atoms with E-state index in [0.29, 0.717) is 11.5 Å². The van der Waals surface area contributed by atoms with Gasteiger partial charge in [-0.2, -0.15) is 0 Å². The second kappa shape index (κ2) is 7.40. The lowest BCUT2D eigenvalue weighted by Gasteiger charge is -2.17. The molecule has 0 aromatic carbocycles. The average Bonchev–Trinajstić information content (AvgIpc) is 3.31. The van der Waals surface area contributed by atoms with Crippen LogP contribution in [0.15, 0.2) is 42.2 Å². The minimum Gasteiger partial charge on any atom is -0.474 e. The number of likely N-dealkylation sites (tertiary alicyclic amines) is 1. The van der Waals surface area contributed by atoms with E-state index in [1.54, 1.807) is 18.5 Å². The Morgan fingerprint density at radius 3 is 2.92 bits per heavy atom. The maximum absolute atomic E-state index is 7.73. The summed E-state index contributed by atoms with van der Waals surface area (Å²) in [6.07, 6.45) is 9.70. The first-order valence-corrected chi connectivity index (χ1v) is 8.24. The van der Waals surface area contributed by atoms with Crippen molar-refractivity contribution in [2.45, 2.75) is 31.4 Å². The second-order valence-electron chi connectivity index (χ2n) is 6.09. The fourth-order valence-corrected chi connectivity index (χ4v) is 2.63. The third kappa shape index (κ3) is 3.89. The van der Waals surface area contributed by atoms with Gasteiger partial charge in [-0.1, -0.05) is 6.58 Å². The molecule has 24 heavy (non-hydrogen) atoms. The number of ether oxygens (including phenoxy) is 1. The first-order chi connectivity index (χ1) is 11.7. The zero-order chi connectivity index (χ0) is 16.9. The zero-order valence-electron chi connectivity index (χ0n) is 13.7. The van der Waals surface area contributed by atoms with Crippen molar-refractivity contribution in [1.29, 1.82) is 5.41 Å². The number of hydrogen-bond acceptors (Lipinski definition) is 5. The standard InChI is InChI=1S/C18H23N5O/c1-2-17(23-9-7-14(20)12-23)22-11-13(10-19)16-4-3-8-21-18(16)24-15-5-6-15/h2-4,8,10-11,14-15,19H,1,5-7,9,12,20H2/t14-/m0/s1. The molecule has 126 valence electrons. The van der Waals surface area contributed by atoms with Crippen LogP contribution in [-0.4, -0.2) is 47.2 Å². The maximum Gasteiger partial charge on any atom is 0.221 e. The number of nitrogens with two attached hydrogens (primary N) is 1. The monoisotopic (exact) mass is 325 g/mol. The van der Waals surface area contributed by atoms with Gasteiger partial charge in [0.25, 0.3) is 0 Å². The van der Waals surface area contributed by atoms with Gasteiger partial charge in [-0.05, 0) is 37.5 Å². The molecular weight excluding hydrogens is 302 g/mol. The Kier molecular flexibility index (Phi) is 5.05. The van der Waals surface area contributed by atoms with Crippen LogP contribution in [0.3, 0.4) is 0 Å².